The van der Waals surface area contributed by atoms with Gasteiger partial charge in [0.2, 0.25) is 0 Å². The molecule has 2 atom stereocenters. The Hall–Kier alpha value is -0.870. The summed E-state index contributed by atoms with van der Waals surface area (Å²) in [4.78, 5) is 6.52. The minimum Gasteiger partial charge on any atom is -0.443 e. The average molecular weight is 210 g/mol. The fourth-order valence-electron chi connectivity index (χ4n) is 2.05. The van der Waals surface area contributed by atoms with E-state index in [0.717, 1.165) is 18.9 Å². The van der Waals surface area contributed by atoms with Gasteiger partial charge in [-0.3, -0.25) is 0 Å². The maximum Gasteiger partial charge on any atom is 0.196 e. The molecule has 4 heteroatoms. The normalized spacial score (nSPS) is 24.6. The van der Waals surface area contributed by atoms with Crippen LogP contribution in [-0.4, -0.2) is 34.6 Å². The molecule has 1 aliphatic heterocycles. The predicted molar refractivity (Wildman–Crippen MR) is 56.5 cm³/mol. The van der Waals surface area contributed by atoms with Crippen molar-refractivity contribution >= 4 is 0 Å². The molecule has 1 aromatic heterocycles. The number of likely N-dealkylation sites (N-methyl/N-ethyl adjacent to an activating group) is 1. The van der Waals surface area contributed by atoms with Gasteiger partial charge >= 0.3 is 0 Å². The van der Waals surface area contributed by atoms with Crippen molar-refractivity contribution in [1.29, 1.82) is 0 Å². The molecule has 2 heterocycles. The van der Waals surface area contributed by atoms with E-state index >= 15 is 0 Å². The first-order valence-electron chi connectivity index (χ1n) is 5.49. The lowest BCUT2D eigenvalue weighted by atomic mass is 10.1. The Balaban J connectivity index is 1.98. The second kappa shape index (κ2) is 4.33. The van der Waals surface area contributed by atoms with Crippen LogP contribution in [0.2, 0.25) is 0 Å². The van der Waals surface area contributed by atoms with Crippen LogP contribution in [0.25, 0.3) is 0 Å². The van der Waals surface area contributed by atoms with E-state index in [4.69, 9.17) is 4.42 Å². The molecule has 1 saturated heterocycles. The van der Waals surface area contributed by atoms with E-state index in [9.17, 15) is 5.11 Å². The Morgan fingerprint density at radius 2 is 2.53 bits per heavy atom. The molecule has 0 radical (unpaired) electrons. The van der Waals surface area contributed by atoms with E-state index in [1.165, 1.54) is 12.8 Å². The molecule has 1 aliphatic rings. The number of hydrogen-bond donors (Lipinski definition) is 1. The van der Waals surface area contributed by atoms with Crippen LogP contribution in [0.5, 0.6) is 0 Å². The number of nitrogens with zero attached hydrogens (tertiary/aromatic N) is 2. The number of aromatic nitrogens is 1. The van der Waals surface area contributed by atoms with Gasteiger partial charge in [-0.1, -0.05) is 0 Å². The van der Waals surface area contributed by atoms with Gasteiger partial charge in [-0.15, -0.1) is 0 Å². The molecule has 1 aromatic rings. The molecule has 84 valence electrons. The van der Waals surface area contributed by atoms with Gasteiger partial charge in [0.25, 0.3) is 0 Å². The van der Waals surface area contributed by atoms with Gasteiger partial charge < -0.3 is 14.4 Å². The number of rotatable bonds is 3. The van der Waals surface area contributed by atoms with Crippen molar-refractivity contribution in [2.45, 2.75) is 38.3 Å². The highest BCUT2D eigenvalue weighted by Crippen LogP contribution is 2.20. The van der Waals surface area contributed by atoms with Crippen LogP contribution >= 0.6 is 0 Å². The number of aliphatic hydroxyl groups excluding tert-OH is 1. The van der Waals surface area contributed by atoms with E-state index < -0.39 is 6.10 Å². The largest absolute Gasteiger partial charge is 0.443 e. The van der Waals surface area contributed by atoms with Crippen molar-refractivity contribution in [2.24, 2.45) is 0 Å². The summed E-state index contributed by atoms with van der Waals surface area (Å²) >= 11 is 0. The summed E-state index contributed by atoms with van der Waals surface area (Å²) in [5, 5.41) is 9.31. The molecule has 1 fully saturated rings. The van der Waals surface area contributed by atoms with E-state index in [2.05, 4.69) is 16.9 Å². The second-order valence-corrected chi connectivity index (χ2v) is 4.31. The molecule has 2 rings (SSSR count). The van der Waals surface area contributed by atoms with E-state index in [0.29, 0.717) is 11.8 Å². The van der Waals surface area contributed by atoms with Crippen molar-refractivity contribution in [2.75, 3.05) is 13.6 Å². The van der Waals surface area contributed by atoms with Crippen LogP contribution in [0.4, 0.5) is 0 Å². The Morgan fingerprint density at radius 3 is 3.07 bits per heavy atom. The molecule has 0 saturated carbocycles. The minimum absolute atomic E-state index is 0.547. The van der Waals surface area contributed by atoms with E-state index in [1.54, 1.807) is 13.1 Å². The quantitative estimate of drug-likeness (QED) is 0.818. The standard InChI is InChI=1S/C11H18N2O2/c1-8(14)10-7-12-11(15-10)6-9-4-3-5-13(9)2/h7-9,14H,3-6H2,1-2H3. The topological polar surface area (TPSA) is 49.5 Å². The Kier molecular flexibility index (Phi) is 3.07. The first kappa shape index (κ1) is 10.6. The van der Waals surface area contributed by atoms with Crippen LogP contribution in [-0.2, 0) is 6.42 Å². The highest BCUT2D eigenvalue weighted by atomic mass is 16.4. The van der Waals surface area contributed by atoms with Crippen LogP contribution in [0.3, 0.4) is 0 Å². The Bertz CT molecular complexity index is 322. The molecule has 0 aliphatic carbocycles. The number of hydrogen-bond acceptors (Lipinski definition) is 4. The molecular formula is C11H18N2O2. The number of oxazole rings is 1. The van der Waals surface area contributed by atoms with Crippen LogP contribution in [0.15, 0.2) is 10.6 Å². The number of aliphatic hydroxyl groups is 1. The third-order valence-corrected chi connectivity index (χ3v) is 3.06. The number of likely N-dealkylation sites (tertiary alicyclic amines) is 1. The molecular weight excluding hydrogens is 192 g/mol. The molecule has 1 N–H and O–H groups in total. The van der Waals surface area contributed by atoms with Crippen molar-refractivity contribution in [1.82, 2.24) is 9.88 Å². The van der Waals surface area contributed by atoms with E-state index in [1.807, 2.05) is 0 Å². The van der Waals surface area contributed by atoms with Crippen molar-refractivity contribution < 1.29 is 9.52 Å². The highest BCUT2D eigenvalue weighted by Gasteiger charge is 2.23. The first-order chi connectivity index (χ1) is 7.16. The van der Waals surface area contributed by atoms with Crippen LogP contribution < -0.4 is 0 Å². The van der Waals surface area contributed by atoms with Crippen LogP contribution in [0.1, 0.15) is 37.5 Å². The van der Waals surface area contributed by atoms with Gasteiger partial charge in [0.05, 0.1) is 6.20 Å². The van der Waals surface area contributed by atoms with Gasteiger partial charge in [-0.05, 0) is 33.4 Å². The lowest BCUT2D eigenvalue weighted by Crippen LogP contribution is -2.26. The molecule has 15 heavy (non-hydrogen) atoms. The molecule has 0 spiro atoms. The summed E-state index contributed by atoms with van der Waals surface area (Å²) in [5.41, 5.74) is 0. The Labute approximate surface area is 89.9 Å². The zero-order valence-electron chi connectivity index (χ0n) is 9.31. The Morgan fingerprint density at radius 1 is 1.73 bits per heavy atom. The maximum atomic E-state index is 9.31. The third-order valence-electron chi connectivity index (χ3n) is 3.06. The second-order valence-electron chi connectivity index (χ2n) is 4.31. The van der Waals surface area contributed by atoms with E-state index in [-0.39, 0.29) is 0 Å². The zero-order valence-corrected chi connectivity index (χ0v) is 9.31. The average Bonchev–Trinajstić information content (AvgIpc) is 2.77. The SMILES string of the molecule is CC(O)c1cnc(CC2CCCN2C)o1. The van der Waals surface area contributed by atoms with Gasteiger partial charge in [0.15, 0.2) is 11.7 Å². The molecule has 0 bridgehead atoms. The van der Waals surface area contributed by atoms with Gasteiger partial charge in [-0.2, -0.15) is 0 Å². The van der Waals surface area contributed by atoms with Gasteiger partial charge in [-0.25, -0.2) is 4.98 Å². The minimum atomic E-state index is -0.562. The summed E-state index contributed by atoms with van der Waals surface area (Å²) < 4.78 is 5.47. The zero-order chi connectivity index (χ0) is 10.8. The van der Waals surface area contributed by atoms with Crippen molar-refractivity contribution in [3.8, 4) is 0 Å². The predicted octanol–water partition coefficient (Wildman–Crippen LogP) is 1.36. The molecule has 0 amide bonds. The fraction of sp³-hybridized carbons (Fsp3) is 0.727. The van der Waals surface area contributed by atoms with Gasteiger partial charge in [0.1, 0.15) is 6.10 Å². The van der Waals surface area contributed by atoms with Crippen LogP contribution in [0, 0.1) is 0 Å². The lowest BCUT2D eigenvalue weighted by molar-refractivity contribution is 0.165. The fourth-order valence-corrected chi connectivity index (χ4v) is 2.05. The molecule has 2 unspecified atom stereocenters. The maximum absolute atomic E-state index is 9.31. The molecule has 0 aromatic carbocycles. The van der Waals surface area contributed by atoms with Crippen molar-refractivity contribution in [3.63, 3.8) is 0 Å². The summed E-state index contributed by atoms with van der Waals surface area (Å²) in [7, 11) is 2.14. The summed E-state index contributed by atoms with van der Waals surface area (Å²) in [6.45, 7) is 2.85. The monoisotopic (exact) mass is 210 g/mol. The highest BCUT2D eigenvalue weighted by molar-refractivity contribution is 4.98. The summed E-state index contributed by atoms with van der Waals surface area (Å²) in [5.74, 6) is 1.30. The van der Waals surface area contributed by atoms with Crippen molar-refractivity contribution in [3.05, 3.63) is 17.8 Å². The summed E-state index contributed by atoms with van der Waals surface area (Å²) in [6, 6.07) is 0.547. The smallest absolute Gasteiger partial charge is 0.196 e. The third kappa shape index (κ3) is 2.38. The summed E-state index contributed by atoms with van der Waals surface area (Å²) in [6.07, 6.45) is 4.37. The molecule has 4 nitrogen and oxygen atoms in total. The lowest BCUT2D eigenvalue weighted by Gasteiger charge is -2.17. The first-order valence-corrected chi connectivity index (χ1v) is 5.49. The van der Waals surface area contributed by atoms with Gasteiger partial charge in [0, 0.05) is 12.5 Å².